The van der Waals surface area contributed by atoms with Crippen LogP contribution in [0.3, 0.4) is 0 Å². The van der Waals surface area contributed by atoms with Crippen LogP contribution >= 0.6 is 11.8 Å². The molecule has 0 heterocycles. The number of ether oxygens (including phenoxy) is 2. The number of esters is 1. The third-order valence-electron chi connectivity index (χ3n) is 5.65. The van der Waals surface area contributed by atoms with E-state index in [9.17, 15) is 14.7 Å². The lowest BCUT2D eigenvalue weighted by Gasteiger charge is -2.20. The fraction of sp³-hybridized carbons (Fsp3) is 0.433. The molecule has 1 rings (SSSR count). The second-order valence-electron chi connectivity index (χ2n) is 9.43. The van der Waals surface area contributed by atoms with E-state index in [2.05, 4.69) is 19.7 Å². The van der Waals surface area contributed by atoms with Crippen LogP contribution < -0.4 is 4.74 Å². The number of carboxylic acid groups (broad SMARTS) is 1. The summed E-state index contributed by atoms with van der Waals surface area (Å²) in [5.41, 5.74) is -0.0101. The first kappa shape index (κ1) is 32.0. The van der Waals surface area contributed by atoms with E-state index in [1.165, 1.54) is 17.8 Å². The van der Waals surface area contributed by atoms with Crippen molar-refractivity contribution in [3.63, 3.8) is 0 Å². The Morgan fingerprint density at radius 3 is 2.46 bits per heavy atom. The number of hydrogen-bond donors (Lipinski definition) is 2. The van der Waals surface area contributed by atoms with Gasteiger partial charge in [0.1, 0.15) is 11.4 Å². The molecular weight excluding hydrogens is 486 g/mol. The summed E-state index contributed by atoms with van der Waals surface area (Å²) < 4.78 is 11.3. The highest BCUT2D eigenvalue weighted by Crippen LogP contribution is 2.34. The van der Waals surface area contributed by atoms with Gasteiger partial charge in [-0.1, -0.05) is 56.0 Å². The topological polar surface area (TPSA) is 96.7 Å². The molecule has 1 aromatic rings. The first-order chi connectivity index (χ1) is 17.5. The highest BCUT2D eigenvalue weighted by atomic mass is 32.2. The molecule has 0 aromatic heterocycles. The summed E-state index contributed by atoms with van der Waals surface area (Å²) in [7, 11) is 0. The molecule has 0 spiro atoms. The molecule has 0 radical (unpaired) electrons. The Hall–Kier alpha value is -3.06. The minimum atomic E-state index is -1.02. The molecule has 0 aliphatic rings. The molecule has 2 N–H and O–H groups in total. The zero-order valence-electron chi connectivity index (χ0n) is 22.4. The van der Waals surface area contributed by atoms with Gasteiger partial charge in [-0.15, -0.1) is 6.58 Å². The average molecular weight is 528 g/mol. The molecule has 0 fully saturated rings. The van der Waals surface area contributed by atoms with Gasteiger partial charge in [-0.05, 0) is 81.0 Å². The van der Waals surface area contributed by atoms with Crippen LogP contribution in [0.25, 0.3) is 4.91 Å². The molecule has 6 nitrogen and oxygen atoms in total. The molecule has 202 valence electrons. The summed E-state index contributed by atoms with van der Waals surface area (Å²) in [6, 6.07) is 4.96. The lowest BCUT2D eigenvalue weighted by atomic mass is 9.93. The number of carbonyl (C=O) groups excluding carboxylic acids is 1. The first-order valence-corrected chi connectivity index (χ1v) is 13.3. The molecule has 0 saturated heterocycles. The summed E-state index contributed by atoms with van der Waals surface area (Å²) >= 11 is 1.46. The standard InChI is InChI=1S/C30H41NO5S/c1-7-9-13-24(14-10-11-15-28(32)36-30(5,6)21-31)16-17-35-27-19-25(18-26(20-27)29(33)34)23(4)37-22(3)12-8-2/h7-8,12,18-21,24,31H,1-2,4,9-11,13-17H2,3,5-6H3,(H,33,34)/b22-12-,31-21?. The number of allylic oxidation sites excluding steroid dienone is 4. The number of carboxylic acids is 1. The van der Waals surface area contributed by atoms with Crippen LogP contribution in [0.1, 0.15) is 81.6 Å². The molecule has 0 aliphatic heterocycles. The lowest BCUT2D eigenvalue weighted by Crippen LogP contribution is -2.29. The van der Waals surface area contributed by atoms with Gasteiger partial charge in [-0.3, -0.25) is 4.79 Å². The normalized spacial score (nSPS) is 12.4. The quantitative estimate of drug-likeness (QED) is 0.0621. The smallest absolute Gasteiger partial charge is 0.335 e. The van der Waals surface area contributed by atoms with Crippen molar-refractivity contribution in [1.82, 2.24) is 0 Å². The van der Waals surface area contributed by atoms with Gasteiger partial charge in [0.25, 0.3) is 0 Å². The number of hydrogen-bond acceptors (Lipinski definition) is 6. The number of aromatic carboxylic acids is 1. The SMILES string of the molecule is C=C/C=C(/C)SC(=C)c1cc(OCCC(CCC=C)CCCCC(=O)OC(C)(C)C=N)cc(C(=O)O)c1. The van der Waals surface area contributed by atoms with Crippen LogP contribution in [0.15, 0.2) is 61.1 Å². The third-order valence-corrected chi connectivity index (χ3v) is 6.59. The Balaban J connectivity index is 2.72. The molecule has 0 aliphatic carbocycles. The van der Waals surface area contributed by atoms with Gasteiger partial charge in [0.2, 0.25) is 0 Å². The number of thioether (sulfide) groups is 1. The number of nitrogens with one attached hydrogen (secondary N) is 1. The summed E-state index contributed by atoms with van der Waals surface area (Å²) in [4.78, 5) is 25.4. The minimum Gasteiger partial charge on any atom is -0.494 e. The zero-order valence-corrected chi connectivity index (χ0v) is 23.2. The molecule has 7 heteroatoms. The molecule has 0 amide bonds. The van der Waals surface area contributed by atoms with E-state index >= 15 is 0 Å². The summed E-state index contributed by atoms with van der Waals surface area (Å²) in [6.07, 6.45) is 12.2. The molecule has 37 heavy (non-hydrogen) atoms. The van der Waals surface area contributed by atoms with Crippen molar-refractivity contribution in [2.75, 3.05) is 6.61 Å². The second-order valence-corrected chi connectivity index (χ2v) is 10.8. The maximum atomic E-state index is 12.0. The average Bonchev–Trinajstić information content (AvgIpc) is 2.84. The first-order valence-electron chi connectivity index (χ1n) is 12.5. The van der Waals surface area contributed by atoms with Gasteiger partial charge >= 0.3 is 11.9 Å². The molecular formula is C30H41NO5S. The van der Waals surface area contributed by atoms with Gasteiger partial charge in [-0.25, -0.2) is 4.79 Å². The van der Waals surface area contributed by atoms with E-state index in [0.29, 0.717) is 30.3 Å². The van der Waals surface area contributed by atoms with Crippen LogP contribution in [0, 0.1) is 11.3 Å². The van der Waals surface area contributed by atoms with Crippen molar-refractivity contribution in [2.24, 2.45) is 5.92 Å². The van der Waals surface area contributed by atoms with Gasteiger partial charge in [0.05, 0.1) is 12.2 Å². The van der Waals surface area contributed by atoms with Gasteiger partial charge in [0, 0.05) is 17.5 Å². The van der Waals surface area contributed by atoms with Crippen molar-refractivity contribution in [2.45, 2.75) is 71.3 Å². The van der Waals surface area contributed by atoms with Gasteiger partial charge in [-0.2, -0.15) is 0 Å². The number of rotatable bonds is 19. The van der Waals surface area contributed by atoms with Crippen molar-refractivity contribution in [3.8, 4) is 5.75 Å². The summed E-state index contributed by atoms with van der Waals surface area (Å²) in [5, 5.41) is 16.9. The Morgan fingerprint density at radius 1 is 1.14 bits per heavy atom. The van der Waals surface area contributed by atoms with Crippen molar-refractivity contribution < 1.29 is 24.2 Å². The molecule has 1 atom stereocenters. The molecule has 0 bridgehead atoms. The fourth-order valence-electron chi connectivity index (χ4n) is 3.63. The lowest BCUT2D eigenvalue weighted by molar-refractivity contribution is -0.150. The van der Waals surface area contributed by atoms with E-state index < -0.39 is 11.6 Å². The Morgan fingerprint density at radius 2 is 1.84 bits per heavy atom. The predicted octanol–water partition coefficient (Wildman–Crippen LogP) is 8.06. The van der Waals surface area contributed by atoms with Crippen molar-refractivity contribution in [3.05, 3.63) is 72.2 Å². The van der Waals surface area contributed by atoms with Crippen LogP contribution in [-0.4, -0.2) is 35.5 Å². The van der Waals surface area contributed by atoms with Crippen molar-refractivity contribution >= 4 is 34.8 Å². The number of unbranched alkanes of at least 4 members (excludes halogenated alkanes) is 1. The maximum Gasteiger partial charge on any atom is 0.335 e. The second kappa shape index (κ2) is 16.6. The summed E-state index contributed by atoms with van der Waals surface area (Å²) in [6.45, 7) is 17.4. The summed E-state index contributed by atoms with van der Waals surface area (Å²) in [5.74, 6) is -0.412. The van der Waals surface area contributed by atoms with Crippen LogP contribution in [0.5, 0.6) is 5.75 Å². The largest absolute Gasteiger partial charge is 0.494 e. The third kappa shape index (κ3) is 13.2. The van der Waals surface area contributed by atoms with Crippen LogP contribution in [0.2, 0.25) is 0 Å². The Bertz CT molecular complexity index is 996. The zero-order chi connectivity index (χ0) is 27.8. The fourth-order valence-corrected chi connectivity index (χ4v) is 4.41. The predicted molar refractivity (Wildman–Crippen MR) is 154 cm³/mol. The molecule has 0 saturated carbocycles. The molecule has 1 unspecified atom stereocenters. The van der Waals surface area contributed by atoms with E-state index in [1.807, 2.05) is 25.1 Å². The van der Waals surface area contributed by atoms with Crippen LogP contribution in [0.4, 0.5) is 0 Å². The van der Waals surface area contributed by atoms with Crippen molar-refractivity contribution in [1.29, 1.82) is 5.41 Å². The van der Waals surface area contributed by atoms with Crippen LogP contribution in [-0.2, 0) is 9.53 Å². The highest BCUT2D eigenvalue weighted by molar-refractivity contribution is 8.11. The molecule has 1 aromatic carbocycles. The number of benzene rings is 1. The number of carbonyl (C=O) groups is 2. The Kier molecular flexibility index (Phi) is 14.4. The monoisotopic (exact) mass is 527 g/mol. The van der Waals surface area contributed by atoms with E-state index in [4.69, 9.17) is 14.9 Å². The van der Waals surface area contributed by atoms with E-state index in [-0.39, 0.29) is 11.5 Å². The minimum absolute atomic E-state index is 0.154. The van der Waals surface area contributed by atoms with E-state index in [1.54, 1.807) is 26.0 Å². The van der Waals surface area contributed by atoms with Gasteiger partial charge < -0.3 is 20.0 Å². The highest BCUT2D eigenvalue weighted by Gasteiger charge is 2.19. The maximum absolute atomic E-state index is 12.0. The Labute approximate surface area is 226 Å². The van der Waals surface area contributed by atoms with E-state index in [0.717, 1.165) is 54.5 Å². The van der Waals surface area contributed by atoms with Gasteiger partial charge in [0.15, 0.2) is 0 Å².